The Morgan fingerprint density at radius 2 is 1.36 bits per heavy atom. The van der Waals surface area contributed by atoms with Gasteiger partial charge in [-0.1, -0.05) is 76.2 Å². The fourth-order valence-corrected chi connectivity index (χ4v) is 7.32. The van der Waals surface area contributed by atoms with Gasteiger partial charge in [0.25, 0.3) is 0 Å². The standard InChI is InChI=1S/C41H38N2O/c1-25(2)32-23-30(27-12-6-5-7-13-27)24-33(26(3)4)40(32)43-36-17-11-10-16-35(36)42-41(43)29-19-20-37-34(22-29)39-31-15-9-8-14-28(31)18-21-38(39)44-37/h5-7,10-13,16-26H,8-9,14-15H2,1-4H3. The van der Waals surface area contributed by atoms with Crippen LogP contribution in [0, 0.1) is 0 Å². The average Bonchev–Trinajstić information content (AvgIpc) is 3.63. The summed E-state index contributed by atoms with van der Waals surface area (Å²) in [5.74, 6) is 1.63. The van der Waals surface area contributed by atoms with Crippen molar-refractivity contribution in [3.05, 3.63) is 119 Å². The van der Waals surface area contributed by atoms with E-state index in [9.17, 15) is 0 Å². The highest BCUT2D eigenvalue weighted by Gasteiger charge is 2.24. The molecule has 2 heterocycles. The summed E-state index contributed by atoms with van der Waals surface area (Å²) in [5, 5.41) is 2.49. The van der Waals surface area contributed by atoms with Gasteiger partial charge in [0.2, 0.25) is 0 Å². The van der Waals surface area contributed by atoms with Crippen molar-refractivity contribution in [2.24, 2.45) is 0 Å². The number of imidazole rings is 1. The van der Waals surface area contributed by atoms with Crippen LogP contribution in [-0.4, -0.2) is 9.55 Å². The molecule has 0 aliphatic heterocycles. The molecule has 8 rings (SSSR count). The van der Waals surface area contributed by atoms with Crippen LogP contribution in [0.3, 0.4) is 0 Å². The summed E-state index contributed by atoms with van der Waals surface area (Å²) < 4.78 is 8.85. The van der Waals surface area contributed by atoms with Crippen LogP contribution in [0.1, 0.15) is 74.6 Å². The molecule has 0 N–H and O–H groups in total. The second kappa shape index (κ2) is 10.5. The summed E-state index contributed by atoms with van der Waals surface area (Å²) in [6.45, 7) is 9.24. The Kier molecular flexibility index (Phi) is 6.45. The van der Waals surface area contributed by atoms with E-state index < -0.39 is 0 Å². The molecule has 1 aliphatic carbocycles. The maximum Gasteiger partial charge on any atom is 0.145 e. The van der Waals surface area contributed by atoms with Crippen molar-refractivity contribution >= 4 is 33.0 Å². The number of hydrogen-bond donors (Lipinski definition) is 0. The lowest BCUT2D eigenvalue weighted by Gasteiger charge is -2.24. The van der Waals surface area contributed by atoms with Gasteiger partial charge in [-0.15, -0.1) is 0 Å². The van der Waals surface area contributed by atoms with Gasteiger partial charge in [-0.25, -0.2) is 4.98 Å². The molecule has 0 fully saturated rings. The van der Waals surface area contributed by atoms with Crippen LogP contribution < -0.4 is 0 Å². The van der Waals surface area contributed by atoms with E-state index in [1.54, 1.807) is 0 Å². The second-order valence-electron chi connectivity index (χ2n) is 13.0. The third-order valence-corrected chi connectivity index (χ3v) is 9.53. The summed E-state index contributed by atoms with van der Waals surface area (Å²) in [4.78, 5) is 5.33. The molecule has 0 amide bonds. The Morgan fingerprint density at radius 3 is 2.14 bits per heavy atom. The summed E-state index contributed by atoms with van der Waals surface area (Å²) in [7, 11) is 0. The van der Waals surface area contributed by atoms with Crippen molar-refractivity contribution in [1.29, 1.82) is 0 Å². The van der Waals surface area contributed by atoms with Gasteiger partial charge in [-0.3, -0.25) is 4.57 Å². The summed E-state index contributed by atoms with van der Waals surface area (Å²) >= 11 is 0. The van der Waals surface area contributed by atoms with E-state index in [1.165, 1.54) is 62.7 Å². The molecule has 0 saturated carbocycles. The highest BCUT2D eigenvalue weighted by atomic mass is 16.3. The Morgan fingerprint density at radius 1 is 0.659 bits per heavy atom. The predicted octanol–water partition coefficient (Wildman–Crippen LogP) is 11.4. The fraction of sp³-hybridized carbons (Fsp3) is 0.244. The number of hydrogen-bond acceptors (Lipinski definition) is 2. The lowest BCUT2D eigenvalue weighted by Crippen LogP contribution is -2.09. The van der Waals surface area contributed by atoms with Crippen molar-refractivity contribution < 1.29 is 4.42 Å². The normalized spacial score (nSPS) is 13.5. The Hall–Kier alpha value is -4.63. The third kappa shape index (κ3) is 4.29. The van der Waals surface area contributed by atoms with E-state index in [1.807, 2.05) is 0 Å². The highest BCUT2D eigenvalue weighted by molar-refractivity contribution is 6.08. The van der Waals surface area contributed by atoms with Gasteiger partial charge in [0, 0.05) is 16.3 Å². The lowest BCUT2D eigenvalue weighted by molar-refractivity contribution is 0.663. The number of nitrogens with zero attached hydrogens (tertiary/aromatic N) is 2. The molecule has 7 aromatic rings. The quantitative estimate of drug-likeness (QED) is 0.205. The van der Waals surface area contributed by atoms with E-state index in [0.29, 0.717) is 11.8 Å². The first kappa shape index (κ1) is 27.0. The molecular weight excluding hydrogens is 536 g/mol. The van der Waals surface area contributed by atoms with Gasteiger partial charge in [0.1, 0.15) is 17.0 Å². The van der Waals surface area contributed by atoms with Crippen molar-refractivity contribution in [1.82, 2.24) is 9.55 Å². The fourth-order valence-electron chi connectivity index (χ4n) is 7.32. The van der Waals surface area contributed by atoms with Crippen LogP contribution in [0.4, 0.5) is 0 Å². The highest BCUT2D eigenvalue weighted by Crippen LogP contribution is 2.42. The zero-order valence-corrected chi connectivity index (χ0v) is 26.0. The molecule has 0 radical (unpaired) electrons. The molecule has 3 nitrogen and oxygen atoms in total. The molecule has 0 atom stereocenters. The zero-order chi connectivity index (χ0) is 29.9. The number of rotatable bonds is 5. The van der Waals surface area contributed by atoms with Crippen LogP contribution in [0.2, 0.25) is 0 Å². The van der Waals surface area contributed by atoms with E-state index in [4.69, 9.17) is 9.40 Å². The van der Waals surface area contributed by atoms with Crippen molar-refractivity contribution in [2.75, 3.05) is 0 Å². The predicted molar refractivity (Wildman–Crippen MR) is 184 cm³/mol. The van der Waals surface area contributed by atoms with Gasteiger partial charge in [-0.05, 0) is 119 Å². The molecule has 0 saturated heterocycles. The van der Waals surface area contributed by atoms with Gasteiger partial charge < -0.3 is 4.42 Å². The Bertz CT molecular complexity index is 2150. The minimum atomic E-state index is 0.326. The molecule has 0 bridgehead atoms. The Balaban J connectivity index is 1.42. The number of aryl methyl sites for hydroxylation is 2. The molecule has 0 spiro atoms. The number of fused-ring (bicyclic) bond motifs is 6. The largest absolute Gasteiger partial charge is 0.456 e. The first-order chi connectivity index (χ1) is 21.5. The average molecular weight is 575 g/mol. The monoisotopic (exact) mass is 574 g/mol. The lowest BCUT2D eigenvalue weighted by atomic mass is 9.88. The van der Waals surface area contributed by atoms with Crippen LogP contribution >= 0.6 is 0 Å². The van der Waals surface area contributed by atoms with Gasteiger partial charge in [0.05, 0.1) is 16.7 Å². The SMILES string of the molecule is CC(C)c1cc(-c2ccccc2)cc(C(C)C)c1-n1c(-c2ccc3oc4ccc5c(c4c3c2)CCCC5)nc2ccccc21. The van der Waals surface area contributed by atoms with E-state index in [2.05, 4.69) is 129 Å². The van der Waals surface area contributed by atoms with Crippen LogP contribution in [0.5, 0.6) is 0 Å². The zero-order valence-electron chi connectivity index (χ0n) is 26.0. The number of aromatic nitrogens is 2. The van der Waals surface area contributed by atoms with Gasteiger partial charge in [-0.2, -0.15) is 0 Å². The molecule has 3 heteroatoms. The summed E-state index contributed by atoms with van der Waals surface area (Å²) in [5.41, 5.74) is 14.6. The van der Waals surface area contributed by atoms with Crippen LogP contribution in [0.25, 0.3) is 61.2 Å². The topological polar surface area (TPSA) is 31.0 Å². The minimum absolute atomic E-state index is 0.326. The smallest absolute Gasteiger partial charge is 0.145 e. The second-order valence-corrected chi connectivity index (χ2v) is 13.0. The maximum atomic E-state index is 6.41. The van der Waals surface area contributed by atoms with Crippen LogP contribution in [0.15, 0.2) is 101 Å². The van der Waals surface area contributed by atoms with Gasteiger partial charge in [0.15, 0.2) is 0 Å². The van der Waals surface area contributed by atoms with Gasteiger partial charge >= 0.3 is 0 Å². The minimum Gasteiger partial charge on any atom is -0.456 e. The van der Waals surface area contributed by atoms with E-state index in [-0.39, 0.29) is 0 Å². The van der Waals surface area contributed by atoms with Crippen molar-refractivity contribution in [3.63, 3.8) is 0 Å². The first-order valence-electron chi connectivity index (χ1n) is 16.2. The van der Waals surface area contributed by atoms with E-state index >= 15 is 0 Å². The maximum absolute atomic E-state index is 6.41. The van der Waals surface area contributed by atoms with Crippen molar-refractivity contribution in [2.45, 2.75) is 65.2 Å². The van der Waals surface area contributed by atoms with Crippen molar-refractivity contribution in [3.8, 4) is 28.2 Å². The number of benzene rings is 5. The molecule has 0 unspecified atom stereocenters. The molecular formula is C41H38N2O. The molecule has 1 aliphatic rings. The summed E-state index contributed by atoms with van der Waals surface area (Å²) in [6, 6.07) is 35.3. The Labute approximate surface area is 259 Å². The van der Waals surface area contributed by atoms with Crippen LogP contribution in [-0.2, 0) is 12.8 Å². The molecule has 2 aromatic heterocycles. The molecule has 44 heavy (non-hydrogen) atoms. The molecule has 218 valence electrons. The third-order valence-electron chi connectivity index (χ3n) is 9.53. The number of furan rings is 1. The van der Waals surface area contributed by atoms with E-state index in [0.717, 1.165) is 46.4 Å². The summed E-state index contributed by atoms with van der Waals surface area (Å²) in [6.07, 6.45) is 4.78. The molecule has 5 aromatic carbocycles. The first-order valence-corrected chi connectivity index (χ1v) is 16.2. The number of para-hydroxylation sites is 2.